The number of nitrogens with zero attached hydrogens (tertiary/aromatic N) is 2. The topological polar surface area (TPSA) is 71.5 Å². The summed E-state index contributed by atoms with van der Waals surface area (Å²) in [6, 6.07) is 15.6. The van der Waals surface area contributed by atoms with E-state index in [1.165, 1.54) is 0 Å². The molecule has 1 fully saturated rings. The number of hydrazine groups is 1. The molecule has 0 radical (unpaired) electrons. The Labute approximate surface area is 205 Å². The van der Waals surface area contributed by atoms with E-state index in [1.807, 2.05) is 55.6 Å². The third kappa shape index (κ3) is 5.55. The van der Waals surface area contributed by atoms with Crippen LogP contribution in [0.5, 0.6) is 5.75 Å². The van der Waals surface area contributed by atoms with Crippen LogP contribution in [0.15, 0.2) is 54.6 Å². The molecule has 0 bridgehead atoms. The smallest absolute Gasteiger partial charge is 0.335 e. The van der Waals surface area contributed by atoms with E-state index >= 15 is 0 Å². The van der Waals surface area contributed by atoms with E-state index in [1.54, 1.807) is 13.8 Å². The van der Waals surface area contributed by atoms with Gasteiger partial charge in [-0.25, -0.2) is 9.80 Å². The summed E-state index contributed by atoms with van der Waals surface area (Å²) in [7, 11) is 1.97. The number of rotatable bonds is 10. The molecule has 1 N–H and O–H groups in total. The minimum absolute atomic E-state index is 0.146. The molecule has 2 aliphatic rings. The second kappa shape index (κ2) is 10.4. The minimum Gasteiger partial charge on any atom is -0.493 e. The Kier molecular flexibility index (Phi) is 7.48. The lowest BCUT2D eigenvalue weighted by Gasteiger charge is -2.34. The second-order valence-corrected chi connectivity index (χ2v) is 9.62. The summed E-state index contributed by atoms with van der Waals surface area (Å²) in [6.45, 7) is 6.04. The Bertz CT molecular complexity index is 1050. The van der Waals surface area contributed by atoms with Crippen molar-refractivity contribution in [3.8, 4) is 5.75 Å². The van der Waals surface area contributed by atoms with E-state index in [-0.39, 0.29) is 12.6 Å². The van der Waals surface area contributed by atoms with Gasteiger partial charge in [0.2, 0.25) is 0 Å². The number of likely N-dealkylation sites (N-methyl/N-ethyl adjacent to an activating group) is 1. The average molecular weight is 487 g/mol. The van der Waals surface area contributed by atoms with Gasteiger partial charge in [-0.3, -0.25) is 0 Å². The van der Waals surface area contributed by atoms with Crippen molar-refractivity contribution in [3.63, 3.8) is 0 Å². The van der Waals surface area contributed by atoms with Crippen LogP contribution in [0.4, 0.5) is 0 Å². The second-order valence-electron chi connectivity index (χ2n) is 9.21. The van der Waals surface area contributed by atoms with Crippen LogP contribution in [0.25, 0.3) is 5.70 Å². The van der Waals surface area contributed by atoms with E-state index in [4.69, 9.17) is 25.8 Å². The van der Waals surface area contributed by atoms with Gasteiger partial charge in [-0.05, 0) is 43.7 Å². The number of ether oxygens (including phenoxy) is 3. The van der Waals surface area contributed by atoms with E-state index in [0.717, 1.165) is 35.8 Å². The van der Waals surface area contributed by atoms with Crippen molar-refractivity contribution < 1.29 is 24.1 Å². The highest BCUT2D eigenvalue weighted by atomic mass is 35.5. The molecule has 4 rings (SSSR count). The lowest BCUT2D eigenvalue weighted by molar-refractivity contribution is -0.163. The van der Waals surface area contributed by atoms with Crippen LogP contribution in [0.3, 0.4) is 0 Å². The van der Waals surface area contributed by atoms with Gasteiger partial charge in [0.1, 0.15) is 5.75 Å². The summed E-state index contributed by atoms with van der Waals surface area (Å²) in [5, 5.41) is 14.3. The number of benzene rings is 2. The Morgan fingerprint density at radius 2 is 1.94 bits per heavy atom. The first-order valence-electron chi connectivity index (χ1n) is 11.4. The van der Waals surface area contributed by atoms with Crippen molar-refractivity contribution in [3.05, 3.63) is 70.8 Å². The Morgan fingerprint density at radius 3 is 2.62 bits per heavy atom. The van der Waals surface area contributed by atoms with Crippen molar-refractivity contribution in [2.45, 2.75) is 32.0 Å². The number of carboxylic acids is 1. The number of hydrogen-bond donors (Lipinski definition) is 1. The van der Waals surface area contributed by atoms with Crippen LogP contribution >= 0.6 is 11.6 Å². The fourth-order valence-corrected chi connectivity index (χ4v) is 4.00. The summed E-state index contributed by atoms with van der Waals surface area (Å²) in [5.74, 6) is 0.251. The molecule has 1 saturated heterocycles. The maximum atomic E-state index is 11.5. The zero-order valence-electron chi connectivity index (χ0n) is 19.7. The molecule has 1 unspecified atom stereocenters. The molecule has 0 spiro atoms. The van der Waals surface area contributed by atoms with Crippen molar-refractivity contribution in [2.75, 3.05) is 33.5 Å². The van der Waals surface area contributed by atoms with E-state index in [9.17, 15) is 9.90 Å². The van der Waals surface area contributed by atoms with Crippen LogP contribution in [-0.4, -0.2) is 66.2 Å². The van der Waals surface area contributed by atoms with Crippen molar-refractivity contribution in [2.24, 2.45) is 5.92 Å². The Hall–Kier alpha value is -2.58. The van der Waals surface area contributed by atoms with Gasteiger partial charge in [0, 0.05) is 23.6 Å². The highest BCUT2D eigenvalue weighted by molar-refractivity contribution is 6.31. The zero-order chi connectivity index (χ0) is 24.3. The fourth-order valence-electron chi connectivity index (χ4n) is 3.81. The average Bonchev–Trinajstić information content (AvgIpc) is 3.08. The molecule has 0 aliphatic carbocycles. The maximum Gasteiger partial charge on any atom is 0.335 e. The van der Waals surface area contributed by atoms with Crippen LogP contribution in [-0.2, 0) is 20.8 Å². The van der Waals surface area contributed by atoms with Crippen molar-refractivity contribution in [1.82, 2.24) is 10.0 Å². The number of carbonyl (C=O) groups is 1. The molecule has 1 atom stereocenters. The van der Waals surface area contributed by atoms with E-state index in [2.05, 4.69) is 16.1 Å². The molecule has 2 aliphatic heterocycles. The molecule has 0 saturated carbocycles. The normalized spacial score (nSPS) is 19.1. The molecule has 7 nitrogen and oxygen atoms in total. The summed E-state index contributed by atoms with van der Waals surface area (Å²) in [4.78, 5) is 11.5. The summed E-state index contributed by atoms with van der Waals surface area (Å²) < 4.78 is 17.0. The number of halogens is 1. The molecule has 2 aromatic rings. The molecule has 2 heterocycles. The van der Waals surface area contributed by atoms with Crippen molar-refractivity contribution >= 4 is 23.3 Å². The molecule has 34 heavy (non-hydrogen) atoms. The summed E-state index contributed by atoms with van der Waals surface area (Å²) in [5.41, 5.74) is 1.71. The van der Waals surface area contributed by atoms with Crippen molar-refractivity contribution in [1.29, 1.82) is 0 Å². The monoisotopic (exact) mass is 486 g/mol. The molecule has 2 aromatic carbocycles. The van der Waals surface area contributed by atoms with Gasteiger partial charge in [0.25, 0.3) is 0 Å². The third-order valence-electron chi connectivity index (χ3n) is 6.22. The minimum atomic E-state index is -1.27. The van der Waals surface area contributed by atoms with Crippen LogP contribution in [0, 0.1) is 5.92 Å². The van der Waals surface area contributed by atoms with E-state index < -0.39 is 11.6 Å². The maximum absolute atomic E-state index is 11.5. The number of aliphatic carboxylic acids is 1. The molecule has 0 amide bonds. The van der Waals surface area contributed by atoms with Gasteiger partial charge in [0.15, 0.2) is 5.60 Å². The third-order valence-corrected chi connectivity index (χ3v) is 6.59. The van der Waals surface area contributed by atoms with Gasteiger partial charge in [-0.1, -0.05) is 41.9 Å². The lowest BCUT2D eigenvalue weighted by atomic mass is 10.1. The number of hydrogen-bond acceptors (Lipinski definition) is 6. The van der Waals surface area contributed by atoms with Gasteiger partial charge < -0.3 is 24.3 Å². The lowest BCUT2D eigenvalue weighted by Crippen LogP contribution is -2.43. The summed E-state index contributed by atoms with van der Waals surface area (Å²) >= 11 is 6.47. The van der Waals surface area contributed by atoms with E-state index in [0.29, 0.717) is 24.1 Å². The van der Waals surface area contributed by atoms with Crippen LogP contribution in [0.1, 0.15) is 25.0 Å². The highest BCUT2D eigenvalue weighted by Gasteiger charge is 2.34. The predicted molar refractivity (Wildman–Crippen MR) is 130 cm³/mol. The van der Waals surface area contributed by atoms with Gasteiger partial charge in [-0.15, -0.1) is 0 Å². The Balaban J connectivity index is 1.58. The number of carboxylic acid groups (broad SMARTS) is 1. The predicted octanol–water partition coefficient (Wildman–Crippen LogP) is 4.32. The first kappa shape index (κ1) is 24.5. The Morgan fingerprint density at radius 1 is 1.18 bits per heavy atom. The first-order chi connectivity index (χ1) is 16.2. The molecule has 182 valence electrons. The molecular formula is C26H31ClN2O5. The quantitative estimate of drug-likeness (QED) is 0.536. The molecular weight excluding hydrogens is 456 g/mol. The largest absolute Gasteiger partial charge is 0.493 e. The van der Waals surface area contributed by atoms with Gasteiger partial charge in [0.05, 0.1) is 44.7 Å². The standard InChI is InChI=1S/C26H31ClN2O5/c1-26(2,25(30)31)34-17-21-12-24(29(28(21)3)13-20-7-4-5-10-23(20)27)19-8-6-9-22(11-19)33-16-18-14-32-15-18/h4-12,18,21H,13-17H2,1-3H3,(H,30,31). The van der Waals surface area contributed by atoms with Gasteiger partial charge >= 0.3 is 5.97 Å². The van der Waals surface area contributed by atoms with Gasteiger partial charge in [-0.2, -0.15) is 0 Å². The zero-order valence-corrected chi connectivity index (χ0v) is 20.5. The SMILES string of the molecule is CN1C(COC(C)(C)C(=O)O)C=C(c2cccc(OCC3COC3)c2)N1Cc1ccccc1Cl. The highest BCUT2D eigenvalue weighted by Crippen LogP contribution is 2.34. The first-order valence-corrected chi connectivity index (χ1v) is 11.8. The fraction of sp³-hybridized carbons (Fsp3) is 0.423. The summed E-state index contributed by atoms with van der Waals surface area (Å²) in [6.07, 6.45) is 2.10. The molecule has 8 heteroatoms. The van der Waals surface area contributed by atoms with Crippen LogP contribution < -0.4 is 4.74 Å². The molecule has 0 aromatic heterocycles. The van der Waals surface area contributed by atoms with Crippen LogP contribution in [0.2, 0.25) is 5.02 Å².